The molecule has 0 saturated heterocycles. The molecule has 0 aliphatic heterocycles. The van der Waals surface area contributed by atoms with Crippen molar-refractivity contribution < 1.29 is 4.79 Å². The number of anilines is 1. The number of hydrogen-bond donors (Lipinski definition) is 2. The zero-order chi connectivity index (χ0) is 15.5. The lowest BCUT2D eigenvalue weighted by molar-refractivity contribution is -0.127. The molecule has 0 heterocycles. The molecule has 120 valence electrons. The van der Waals surface area contributed by atoms with Crippen LogP contribution in [0.25, 0.3) is 0 Å². The molecule has 2 fully saturated rings. The highest BCUT2D eigenvalue weighted by Crippen LogP contribution is 2.47. The van der Waals surface area contributed by atoms with Crippen LogP contribution in [0.4, 0.5) is 5.69 Å². The first kappa shape index (κ1) is 15.3. The third-order valence-corrected chi connectivity index (χ3v) is 5.45. The molecule has 1 amide bonds. The molecule has 0 radical (unpaired) electrons. The van der Waals surface area contributed by atoms with Gasteiger partial charge in [-0.1, -0.05) is 18.2 Å². The third kappa shape index (κ3) is 3.12. The van der Waals surface area contributed by atoms with Gasteiger partial charge in [-0.25, -0.2) is 0 Å². The molecule has 1 aromatic carbocycles. The Bertz CT molecular complexity index is 502. The van der Waals surface area contributed by atoms with E-state index < -0.39 is 0 Å². The molecule has 3 N–H and O–H groups in total. The highest BCUT2D eigenvalue weighted by molar-refractivity contribution is 5.80. The molecule has 4 atom stereocenters. The third-order valence-electron chi connectivity index (χ3n) is 5.45. The molecular weight excluding hydrogens is 274 g/mol. The van der Waals surface area contributed by atoms with Crippen LogP contribution in [0.15, 0.2) is 30.3 Å². The van der Waals surface area contributed by atoms with Crippen LogP contribution in [-0.4, -0.2) is 32.1 Å². The van der Waals surface area contributed by atoms with Gasteiger partial charge in [0, 0.05) is 31.9 Å². The molecule has 3 rings (SSSR count). The van der Waals surface area contributed by atoms with E-state index in [1.54, 1.807) is 0 Å². The van der Waals surface area contributed by atoms with Crippen LogP contribution in [0.2, 0.25) is 0 Å². The van der Waals surface area contributed by atoms with Crippen LogP contribution < -0.4 is 16.0 Å². The SMILES string of the molecule is CN(CCCNC(=O)C1C2CCC(C2)C1N)c1ccccc1. The van der Waals surface area contributed by atoms with Crippen molar-refractivity contribution in [1.82, 2.24) is 5.32 Å². The number of amides is 1. The minimum Gasteiger partial charge on any atom is -0.375 e. The Morgan fingerprint density at radius 3 is 2.68 bits per heavy atom. The van der Waals surface area contributed by atoms with Crippen LogP contribution in [0.3, 0.4) is 0 Å². The molecule has 4 nitrogen and oxygen atoms in total. The van der Waals surface area contributed by atoms with E-state index in [1.165, 1.54) is 18.5 Å². The number of nitrogens with zero attached hydrogens (tertiary/aromatic N) is 1. The largest absolute Gasteiger partial charge is 0.375 e. The van der Waals surface area contributed by atoms with Crippen molar-refractivity contribution in [3.8, 4) is 0 Å². The minimum absolute atomic E-state index is 0.0607. The summed E-state index contributed by atoms with van der Waals surface area (Å²) in [5.74, 6) is 1.37. The van der Waals surface area contributed by atoms with Gasteiger partial charge in [0.15, 0.2) is 0 Å². The monoisotopic (exact) mass is 301 g/mol. The number of nitrogens with one attached hydrogen (secondary N) is 1. The van der Waals surface area contributed by atoms with Gasteiger partial charge in [-0.15, -0.1) is 0 Å². The molecular formula is C18H27N3O. The second-order valence-electron chi connectivity index (χ2n) is 6.84. The predicted octanol–water partition coefficient (Wildman–Crippen LogP) is 2.00. The number of carbonyl (C=O) groups excluding carboxylic acids is 1. The maximum Gasteiger partial charge on any atom is 0.224 e. The van der Waals surface area contributed by atoms with E-state index in [-0.39, 0.29) is 17.9 Å². The van der Waals surface area contributed by atoms with Crippen LogP contribution >= 0.6 is 0 Å². The van der Waals surface area contributed by atoms with Crippen LogP contribution in [0.1, 0.15) is 25.7 Å². The van der Waals surface area contributed by atoms with Gasteiger partial charge >= 0.3 is 0 Å². The fourth-order valence-corrected chi connectivity index (χ4v) is 4.18. The van der Waals surface area contributed by atoms with Crippen molar-refractivity contribution in [2.75, 3.05) is 25.0 Å². The van der Waals surface area contributed by atoms with E-state index in [2.05, 4.69) is 29.4 Å². The van der Waals surface area contributed by atoms with E-state index in [4.69, 9.17) is 5.73 Å². The maximum absolute atomic E-state index is 12.4. The fraction of sp³-hybridized carbons (Fsp3) is 0.611. The van der Waals surface area contributed by atoms with Crippen LogP contribution in [0.5, 0.6) is 0 Å². The van der Waals surface area contributed by atoms with Gasteiger partial charge in [0.25, 0.3) is 0 Å². The van der Waals surface area contributed by atoms with Gasteiger partial charge in [-0.2, -0.15) is 0 Å². The molecule has 22 heavy (non-hydrogen) atoms. The Hall–Kier alpha value is -1.55. The normalized spacial score (nSPS) is 29.5. The van der Waals surface area contributed by atoms with E-state index in [0.717, 1.165) is 25.9 Å². The Morgan fingerprint density at radius 1 is 1.27 bits per heavy atom. The van der Waals surface area contributed by atoms with E-state index >= 15 is 0 Å². The van der Waals surface area contributed by atoms with Crippen LogP contribution in [-0.2, 0) is 4.79 Å². The number of nitrogens with two attached hydrogens (primary N) is 1. The quantitative estimate of drug-likeness (QED) is 0.790. The Kier molecular flexibility index (Phi) is 4.67. The molecule has 2 aliphatic rings. The summed E-state index contributed by atoms with van der Waals surface area (Å²) in [4.78, 5) is 14.6. The number of hydrogen-bond acceptors (Lipinski definition) is 3. The van der Waals surface area contributed by atoms with E-state index in [9.17, 15) is 4.79 Å². The van der Waals surface area contributed by atoms with Crippen molar-refractivity contribution in [2.24, 2.45) is 23.5 Å². The average Bonchev–Trinajstić information content (AvgIpc) is 3.13. The van der Waals surface area contributed by atoms with Gasteiger partial charge in [-0.3, -0.25) is 4.79 Å². The van der Waals surface area contributed by atoms with E-state index in [0.29, 0.717) is 11.8 Å². The number of fused-ring (bicyclic) bond motifs is 2. The van der Waals surface area contributed by atoms with E-state index in [1.807, 2.05) is 18.2 Å². The molecule has 0 spiro atoms. The van der Waals surface area contributed by atoms with Gasteiger partial charge in [0.2, 0.25) is 5.91 Å². The molecule has 0 aromatic heterocycles. The zero-order valence-electron chi connectivity index (χ0n) is 13.4. The lowest BCUT2D eigenvalue weighted by Crippen LogP contribution is -2.45. The molecule has 4 heteroatoms. The average molecular weight is 301 g/mol. The smallest absolute Gasteiger partial charge is 0.224 e. The second-order valence-corrected chi connectivity index (χ2v) is 6.84. The molecule has 2 aliphatic carbocycles. The number of rotatable bonds is 6. The Balaban J connectivity index is 1.39. The minimum atomic E-state index is 0.0607. The molecule has 2 saturated carbocycles. The number of para-hydroxylation sites is 1. The number of carbonyl (C=O) groups is 1. The van der Waals surface area contributed by atoms with Crippen molar-refractivity contribution >= 4 is 11.6 Å². The summed E-state index contributed by atoms with van der Waals surface area (Å²) in [6, 6.07) is 10.4. The first-order valence-corrected chi connectivity index (χ1v) is 8.46. The first-order valence-electron chi connectivity index (χ1n) is 8.46. The molecule has 4 unspecified atom stereocenters. The molecule has 1 aromatic rings. The standard InChI is InChI=1S/C18H27N3O/c1-21(15-6-3-2-4-7-15)11-5-10-20-18(22)16-13-8-9-14(12-13)17(16)19/h2-4,6-7,13-14,16-17H,5,8-12,19H2,1H3,(H,20,22). The van der Waals surface area contributed by atoms with Gasteiger partial charge < -0.3 is 16.0 Å². The van der Waals surface area contributed by atoms with Gasteiger partial charge in [0.1, 0.15) is 0 Å². The zero-order valence-corrected chi connectivity index (χ0v) is 13.4. The number of benzene rings is 1. The molecule has 2 bridgehead atoms. The van der Waals surface area contributed by atoms with Crippen molar-refractivity contribution in [3.63, 3.8) is 0 Å². The summed E-state index contributed by atoms with van der Waals surface area (Å²) in [5.41, 5.74) is 7.44. The van der Waals surface area contributed by atoms with Crippen molar-refractivity contribution in [3.05, 3.63) is 30.3 Å². The lowest BCUT2D eigenvalue weighted by atomic mass is 9.84. The van der Waals surface area contributed by atoms with Crippen molar-refractivity contribution in [2.45, 2.75) is 31.7 Å². The predicted molar refractivity (Wildman–Crippen MR) is 89.6 cm³/mol. The topological polar surface area (TPSA) is 58.4 Å². The summed E-state index contributed by atoms with van der Waals surface area (Å²) in [6.45, 7) is 1.67. The Labute approximate surface area is 133 Å². The summed E-state index contributed by atoms with van der Waals surface area (Å²) >= 11 is 0. The first-order chi connectivity index (χ1) is 10.7. The Morgan fingerprint density at radius 2 is 2.00 bits per heavy atom. The summed E-state index contributed by atoms with van der Waals surface area (Å²) in [5, 5.41) is 3.10. The summed E-state index contributed by atoms with van der Waals surface area (Å²) < 4.78 is 0. The summed E-state index contributed by atoms with van der Waals surface area (Å²) in [6.07, 6.45) is 4.52. The van der Waals surface area contributed by atoms with Crippen LogP contribution in [0, 0.1) is 17.8 Å². The summed E-state index contributed by atoms with van der Waals surface area (Å²) in [7, 11) is 2.09. The lowest BCUT2D eigenvalue weighted by Gasteiger charge is -2.27. The van der Waals surface area contributed by atoms with Crippen molar-refractivity contribution in [1.29, 1.82) is 0 Å². The highest BCUT2D eigenvalue weighted by Gasteiger charge is 2.48. The fourth-order valence-electron chi connectivity index (χ4n) is 4.18. The maximum atomic E-state index is 12.4. The highest BCUT2D eigenvalue weighted by atomic mass is 16.1. The second kappa shape index (κ2) is 6.69. The van der Waals surface area contributed by atoms with Gasteiger partial charge in [0.05, 0.1) is 5.92 Å². The van der Waals surface area contributed by atoms with Gasteiger partial charge in [-0.05, 0) is 49.7 Å².